The van der Waals surface area contributed by atoms with Crippen molar-refractivity contribution < 1.29 is 4.79 Å². The summed E-state index contributed by atoms with van der Waals surface area (Å²) in [4.78, 5) is 11.9. The highest BCUT2D eigenvalue weighted by atomic mass is 16.1. The summed E-state index contributed by atoms with van der Waals surface area (Å²) in [7, 11) is 1.73. The topological polar surface area (TPSA) is 60.9 Å². The van der Waals surface area contributed by atoms with Gasteiger partial charge in [0.1, 0.15) is 5.82 Å². The van der Waals surface area contributed by atoms with Crippen LogP contribution in [0.3, 0.4) is 0 Å². The number of carbonyl (C=O) groups is 1. The Morgan fingerprint density at radius 3 is 2.67 bits per heavy atom. The molecule has 0 aliphatic rings. The summed E-state index contributed by atoms with van der Waals surface area (Å²) < 4.78 is 1.52. The Bertz CT molecular complexity index is 531. The molecule has 94 valence electrons. The second-order valence-electron chi connectivity index (χ2n) is 4.33. The highest BCUT2D eigenvalue weighted by Gasteiger charge is 2.12. The Morgan fingerprint density at radius 1 is 1.33 bits per heavy atom. The number of ketones is 1. The van der Waals surface area contributed by atoms with E-state index >= 15 is 0 Å². The predicted octanol–water partition coefficient (Wildman–Crippen LogP) is 2.21. The maximum absolute atomic E-state index is 11.9. The number of hydrogen-bond acceptors (Lipinski definition) is 3. The van der Waals surface area contributed by atoms with Gasteiger partial charge in [0.05, 0.1) is 11.8 Å². The number of hydrogen-bond donors (Lipinski definition) is 1. The fourth-order valence-corrected chi connectivity index (χ4v) is 1.89. The monoisotopic (exact) mass is 243 g/mol. The van der Waals surface area contributed by atoms with Gasteiger partial charge in [-0.15, -0.1) is 0 Å². The van der Waals surface area contributed by atoms with E-state index in [4.69, 9.17) is 5.73 Å². The van der Waals surface area contributed by atoms with E-state index in [2.05, 4.69) is 17.2 Å². The minimum atomic E-state index is 0.0662. The molecule has 0 amide bonds. The van der Waals surface area contributed by atoms with E-state index < -0.39 is 0 Å². The summed E-state index contributed by atoms with van der Waals surface area (Å²) in [5.41, 5.74) is 7.55. The van der Waals surface area contributed by atoms with Crippen molar-refractivity contribution in [1.82, 2.24) is 9.78 Å². The molecule has 0 fully saturated rings. The number of nitrogen functional groups attached to an aromatic ring is 1. The molecule has 0 atom stereocenters. The maximum Gasteiger partial charge on any atom is 0.168 e. The number of benzene rings is 1. The van der Waals surface area contributed by atoms with Crippen molar-refractivity contribution in [2.24, 2.45) is 7.05 Å². The molecule has 18 heavy (non-hydrogen) atoms. The van der Waals surface area contributed by atoms with Gasteiger partial charge in [0.25, 0.3) is 0 Å². The first-order chi connectivity index (χ1) is 8.68. The summed E-state index contributed by atoms with van der Waals surface area (Å²) in [6.45, 7) is 0. The molecule has 4 heteroatoms. The Hall–Kier alpha value is -2.10. The van der Waals surface area contributed by atoms with E-state index in [-0.39, 0.29) is 5.78 Å². The SMILES string of the molecule is Cn1ncc(C(=O)CCCc2ccccc2)c1N. The molecular formula is C14H17N3O. The van der Waals surface area contributed by atoms with Gasteiger partial charge in [-0.1, -0.05) is 30.3 Å². The Balaban J connectivity index is 1.88. The molecule has 2 aromatic rings. The fourth-order valence-electron chi connectivity index (χ4n) is 1.89. The molecule has 2 N–H and O–H groups in total. The average molecular weight is 243 g/mol. The Labute approximate surface area is 106 Å². The lowest BCUT2D eigenvalue weighted by Crippen LogP contribution is -2.05. The molecular weight excluding hydrogens is 226 g/mol. The zero-order valence-electron chi connectivity index (χ0n) is 10.5. The van der Waals surface area contributed by atoms with Gasteiger partial charge in [-0.05, 0) is 18.4 Å². The first-order valence-electron chi connectivity index (χ1n) is 6.03. The van der Waals surface area contributed by atoms with Crippen molar-refractivity contribution in [2.75, 3.05) is 5.73 Å². The molecule has 0 saturated carbocycles. The van der Waals surface area contributed by atoms with Gasteiger partial charge in [-0.3, -0.25) is 9.48 Å². The number of Topliss-reactive ketones (excluding diaryl/α,β-unsaturated/α-hetero) is 1. The van der Waals surface area contributed by atoms with Crippen LogP contribution in [0, 0.1) is 0 Å². The molecule has 0 bridgehead atoms. The van der Waals surface area contributed by atoms with Crippen molar-refractivity contribution in [3.63, 3.8) is 0 Å². The second-order valence-corrected chi connectivity index (χ2v) is 4.33. The zero-order valence-corrected chi connectivity index (χ0v) is 10.5. The maximum atomic E-state index is 11.9. The number of aryl methyl sites for hydroxylation is 2. The van der Waals surface area contributed by atoms with Gasteiger partial charge in [0.15, 0.2) is 5.78 Å². The van der Waals surface area contributed by atoms with Crippen LogP contribution in [-0.4, -0.2) is 15.6 Å². The third-order valence-electron chi connectivity index (χ3n) is 3.00. The number of carbonyl (C=O) groups excluding carboxylic acids is 1. The van der Waals surface area contributed by atoms with Crippen LogP contribution in [0.2, 0.25) is 0 Å². The van der Waals surface area contributed by atoms with E-state index in [1.54, 1.807) is 13.2 Å². The molecule has 1 aromatic heterocycles. The molecule has 0 unspecified atom stereocenters. The van der Waals surface area contributed by atoms with E-state index in [1.807, 2.05) is 18.2 Å². The largest absolute Gasteiger partial charge is 0.383 e. The van der Waals surface area contributed by atoms with Crippen LogP contribution in [0.5, 0.6) is 0 Å². The zero-order chi connectivity index (χ0) is 13.0. The lowest BCUT2D eigenvalue weighted by Gasteiger charge is -2.01. The highest BCUT2D eigenvalue weighted by molar-refractivity contribution is 5.99. The van der Waals surface area contributed by atoms with Gasteiger partial charge in [-0.2, -0.15) is 5.10 Å². The smallest absolute Gasteiger partial charge is 0.168 e. The minimum absolute atomic E-state index is 0.0662. The summed E-state index contributed by atoms with van der Waals surface area (Å²) in [5, 5.41) is 3.97. The summed E-state index contributed by atoms with van der Waals surface area (Å²) in [6.07, 6.45) is 3.79. The van der Waals surface area contributed by atoms with E-state index in [0.717, 1.165) is 12.8 Å². The first-order valence-corrected chi connectivity index (χ1v) is 6.03. The van der Waals surface area contributed by atoms with E-state index in [1.165, 1.54) is 10.2 Å². The summed E-state index contributed by atoms with van der Waals surface area (Å²) >= 11 is 0. The average Bonchev–Trinajstić information content (AvgIpc) is 2.71. The molecule has 2 rings (SSSR count). The highest BCUT2D eigenvalue weighted by Crippen LogP contribution is 2.14. The predicted molar refractivity (Wildman–Crippen MR) is 71.3 cm³/mol. The molecule has 0 aliphatic heterocycles. The third kappa shape index (κ3) is 2.77. The van der Waals surface area contributed by atoms with Crippen LogP contribution < -0.4 is 5.73 Å². The number of nitrogens with two attached hydrogens (primary N) is 1. The van der Waals surface area contributed by atoms with Crippen LogP contribution in [-0.2, 0) is 13.5 Å². The fraction of sp³-hybridized carbons (Fsp3) is 0.286. The second kappa shape index (κ2) is 5.49. The van der Waals surface area contributed by atoms with Gasteiger partial charge in [0, 0.05) is 13.5 Å². The number of anilines is 1. The molecule has 0 spiro atoms. The standard InChI is InChI=1S/C14H17N3O/c1-17-14(15)12(10-16-17)13(18)9-5-8-11-6-3-2-4-7-11/h2-4,6-7,10H,5,8-9,15H2,1H3. The van der Waals surface area contributed by atoms with Crippen molar-refractivity contribution >= 4 is 11.6 Å². The number of nitrogens with zero attached hydrogens (tertiary/aromatic N) is 2. The van der Waals surface area contributed by atoms with Crippen molar-refractivity contribution in [2.45, 2.75) is 19.3 Å². The van der Waals surface area contributed by atoms with Gasteiger partial charge >= 0.3 is 0 Å². The minimum Gasteiger partial charge on any atom is -0.383 e. The van der Waals surface area contributed by atoms with E-state index in [0.29, 0.717) is 17.8 Å². The van der Waals surface area contributed by atoms with E-state index in [9.17, 15) is 4.79 Å². The third-order valence-corrected chi connectivity index (χ3v) is 3.00. The lowest BCUT2D eigenvalue weighted by atomic mass is 10.0. The van der Waals surface area contributed by atoms with Crippen LogP contribution in [0.25, 0.3) is 0 Å². The lowest BCUT2D eigenvalue weighted by molar-refractivity contribution is 0.0981. The molecule has 0 saturated heterocycles. The molecule has 1 aromatic carbocycles. The first kappa shape index (κ1) is 12.4. The van der Waals surface area contributed by atoms with Gasteiger partial charge in [0.2, 0.25) is 0 Å². The van der Waals surface area contributed by atoms with Crippen molar-refractivity contribution in [3.8, 4) is 0 Å². The summed E-state index contributed by atoms with van der Waals surface area (Å²) in [6, 6.07) is 10.2. The molecule has 0 aliphatic carbocycles. The number of aromatic nitrogens is 2. The van der Waals surface area contributed by atoms with Crippen LogP contribution in [0.15, 0.2) is 36.5 Å². The van der Waals surface area contributed by atoms with Gasteiger partial charge < -0.3 is 5.73 Å². The Morgan fingerprint density at radius 2 is 2.06 bits per heavy atom. The van der Waals surface area contributed by atoms with Crippen molar-refractivity contribution in [3.05, 3.63) is 47.7 Å². The Kier molecular flexibility index (Phi) is 3.77. The molecule has 4 nitrogen and oxygen atoms in total. The normalized spacial score (nSPS) is 10.5. The van der Waals surface area contributed by atoms with Gasteiger partial charge in [-0.25, -0.2) is 0 Å². The van der Waals surface area contributed by atoms with Crippen LogP contribution in [0.4, 0.5) is 5.82 Å². The quantitative estimate of drug-likeness (QED) is 0.819. The molecule has 1 heterocycles. The van der Waals surface area contributed by atoms with Crippen LogP contribution in [0.1, 0.15) is 28.8 Å². The summed E-state index contributed by atoms with van der Waals surface area (Å²) in [5.74, 6) is 0.510. The number of rotatable bonds is 5. The van der Waals surface area contributed by atoms with Crippen molar-refractivity contribution in [1.29, 1.82) is 0 Å². The molecule has 0 radical (unpaired) electrons. The van der Waals surface area contributed by atoms with Crippen LogP contribution >= 0.6 is 0 Å².